The topological polar surface area (TPSA) is 230 Å². The molecule has 0 saturated heterocycles. The molecule has 4 aromatic carbocycles. The summed E-state index contributed by atoms with van der Waals surface area (Å²) in [6.45, 7) is 47.8. The summed E-state index contributed by atoms with van der Waals surface area (Å²) in [5, 5.41) is 77.2. The van der Waals surface area contributed by atoms with Crippen molar-refractivity contribution in [3.63, 3.8) is 0 Å². The number of carboxylic acids is 4. The maximum atomic E-state index is 11.2. The Hall–Kier alpha value is -5.35. The van der Waals surface area contributed by atoms with Crippen molar-refractivity contribution in [2.45, 2.75) is 209 Å². The standard InChI is InChI=1S/4C15H22O3.W/c4*1-14(2,3)9-7-10(13(17)18)12(16)11(8-9)15(4,5)6;/h4*7-8,16H,1-6H3,(H,17,18);. The molecule has 0 aromatic heterocycles. The van der Waals surface area contributed by atoms with Gasteiger partial charge in [-0.1, -0.05) is 190 Å². The Morgan fingerprint density at radius 2 is 0.384 bits per heavy atom. The van der Waals surface area contributed by atoms with Gasteiger partial charge in [-0.2, -0.15) is 0 Å². The van der Waals surface area contributed by atoms with E-state index >= 15 is 0 Å². The van der Waals surface area contributed by atoms with Gasteiger partial charge in [0.25, 0.3) is 0 Å². The van der Waals surface area contributed by atoms with Crippen molar-refractivity contribution in [3.8, 4) is 23.0 Å². The molecule has 73 heavy (non-hydrogen) atoms. The third kappa shape index (κ3) is 18.5. The Labute approximate surface area is 450 Å². The molecule has 0 saturated carbocycles. The van der Waals surface area contributed by atoms with Gasteiger partial charge in [-0.3, -0.25) is 0 Å². The predicted octanol–water partition coefficient (Wildman–Crippen LogP) is 14.7. The molecule has 4 aromatic rings. The third-order valence-corrected chi connectivity index (χ3v) is 12.1. The fourth-order valence-corrected chi connectivity index (χ4v) is 7.21. The minimum atomic E-state index is -1.09. The zero-order chi connectivity index (χ0) is 57.2. The van der Waals surface area contributed by atoms with Crippen molar-refractivity contribution in [3.05, 3.63) is 115 Å². The van der Waals surface area contributed by atoms with E-state index in [4.69, 9.17) is 0 Å². The molecule has 0 radical (unpaired) electrons. The minimum Gasteiger partial charge on any atom is -0.507 e. The van der Waals surface area contributed by atoms with Crippen molar-refractivity contribution in [1.82, 2.24) is 0 Å². The monoisotopic (exact) mass is 1180 g/mol. The van der Waals surface area contributed by atoms with E-state index in [0.29, 0.717) is 22.3 Å². The van der Waals surface area contributed by atoms with Crippen molar-refractivity contribution in [1.29, 1.82) is 0 Å². The van der Waals surface area contributed by atoms with Gasteiger partial charge in [-0.05, 0) is 89.8 Å². The third-order valence-electron chi connectivity index (χ3n) is 12.1. The Kier molecular flexibility index (Phi) is 21.7. The summed E-state index contributed by atoms with van der Waals surface area (Å²) in [4.78, 5) is 44.9. The van der Waals surface area contributed by atoms with Crippen LogP contribution in [0.4, 0.5) is 0 Å². The summed E-state index contributed by atoms with van der Waals surface area (Å²) in [6.07, 6.45) is 0. The van der Waals surface area contributed by atoms with E-state index in [1.165, 1.54) is 0 Å². The quantitative estimate of drug-likeness (QED) is 0.0954. The number of aromatic hydroxyl groups is 4. The van der Waals surface area contributed by atoms with Gasteiger partial charge in [0.2, 0.25) is 0 Å². The zero-order valence-electron chi connectivity index (χ0n) is 48.2. The van der Waals surface area contributed by atoms with Crippen LogP contribution in [0.3, 0.4) is 0 Å². The number of carbonyl (C=O) groups is 4. The summed E-state index contributed by atoms with van der Waals surface area (Å²) in [7, 11) is 0. The minimum absolute atomic E-state index is 0. The fraction of sp³-hybridized carbons (Fsp3) is 0.533. The van der Waals surface area contributed by atoms with Crippen LogP contribution in [0, 0.1) is 0 Å². The Balaban J connectivity index is 0.000000943. The van der Waals surface area contributed by atoms with Crippen LogP contribution in [0.15, 0.2) is 48.5 Å². The average molecular weight is 1190 g/mol. The average Bonchev–Trinajstić information content (AvgIpc) is 3.14. The number of hydrogen-bond acceptors (Lipinski definition) is 8. The van der Waals surface area contributed by atoms with Gasteiger partial charge in [-0.25, -0.2) is 19.2 Å². The summed E-state index contributed by atoms with van der Waals surface area (Å²) >= 11 is 0. The smallest absolute Gasteiger partial charge is 0.339 e. The van der Waals surface area contributed by atoms with Crippen LogP contribution in [0.2, 0.25) is 0 Å². The van der Waals surface area contributed by atoms with Crippen LogP contribution in [-0.4, -0.2) is 64.7 Å². The molecule has 12 nitrogen and oxygen atoms in total. The molecule has 0 heterocycles. The number of benzene rings is 4. The summed E-state index contributed by atoms with van der Waals surface area (Å²) in [5.74, 6) is -4.86. The maximum absolute atomic E-state index is 11.2. The van der Waals surface area contributed by atoms with Crippen LogP contribution in [-0.2, 0) is 64.4 Å². The summed E-state index contributed by atoms with van der Waals surface area (Å²) in [5.41, 5.74) is 4.48. The number of aromatic carboxylic acids is 4. The predicted molar refractivity (Wildman–Crippen MR) is 290 cm³/mol. The maximum Gasteiger partial charge on any atom is 0.339 e. The molecule has 13 heteroatoms. The van der Waals surface area contributed by atoms with E-state index in [-0.39, 0.29) is 110 Å². The van der Waals surface area contributed by atoms with Crippen molar-refractivity contribution in [2.24, 2.45) is 0 Å². The van der Waals surface area contributed by atoms with Crippen molar-refractivity contribution in [2.75, 3.05) is 0 Å². The Morgan fingerprint density at radius 3 is 0.466 bits per heavy atom. The number of carboxylic acid groups (broad SMARTS) is 4. The van der Waals surface area contributed by atoms with E-state index in [0.717, 1.165) is 22.3 Å². The first-order valence-corrected chi connectivity index (χ1v) is 24.2. The first kappa shape index (κ1) is 67.6. The molecule has 406 valence electrons. The second-order valence-corrected chi connectivity index (χ2v) is 26.9. The first-order chi connectivity index (χ1) is 31.8. The van der Waals surface area contributed by atoms with Crippen LogP contribution in [0.5, 0.6) is 23.0 Å². The summed E-state index contributed by atoms with van der Waals surface area (Å²) < 4.78 is 0. The molecule has 0 atom stereocenters. The first-order valence-electron chi connectivity index (χ1n) is 24.2. The molecule has 0 fully saturated rings. The molecule has 0 aliphatic rings. The molecule has 0 spiro atoms. The van der Waals surface area contributed by atoms with Crippen LogP contribution < -0.4 is 0 Å². The largest absolute Gasteiger partial charge is 0.507 e. The molecule has 0 amide bonds. The number of phenols is 4. The van der Waals surface area contributed by atoms with Gasteiger partial charge < -0.3 is 40.9 Å². The van der Waals surface area contributed by atoms with E-state index in [2.05, 4.69) is 0 Å². The molecular formula is C60H88O12W. The number of hydrogen-bond donors (Lipinski definition) is 8. The van der Waals surface area contributed by atoms with Gasteiger partial charge in [0.15, 0.2) is 0 Å². The van der Waals surface area contributed by atoms with Gasteiger partial charge in [-0.15, -0.1) is 0 Å². The molecular weight excluding hydrogens is 1100 g/mol. The van der Waals surface area contributed by atoms with E-state index in [9.17, 15) is 60.0 Å². The molecule has 8 N–H and O–H groups in total. The molecule has 0 unspecified atom stereocenters. The molecule has 4 rings (SSSR count). The molecule has 0 aliphatic carbocycles. The summed E-state index contributed by atoms with van der Waals surface area (Å²) in [6, 6.07) is 13.9. The van der Waals surface area contributed by atoms with Gasteiger partial charge >= 0.3 is 23.9 Å². The van der Waals surface area contributed by atoms with Crippen LogP contribution in [0.1, 0.15) is 252 Å². The van der Waals surface area contributed by atoms with Crippen molar-refractivity contribution >= 4 is 23.9 Å². The zero-order valence-corrected chi connectivity index (χ0v) is 51.2. The molecule has 0 aliphatic heterocycles. The van der Waals surface area contributed by atoms with E-state index in [1.807, 2.05) is 190 Å². The number of rotatable bonds is 4. The SMILES string of the molecule is CC(C)(C)c1cc(C(=O)O)c(O)c(C(C)(C)C)c1.CC(C)(C)c1cc(C(=O)O)c(O)c(C(C)(C)C)c1.CC(C)(C)c1cc(C(=O)O)c(O)c(C(C)(C)C)c1.CC(C)(C)c1cc(C(=O)O)c(O)c(C(C)(C)C)c1.[W]. The second kappa shape index (κ2) is 23.5. The Morgan fingerprint density at radius 1 is 0.260 bits per heavy atom. The van der Waals surface area contributed by atoms with E-state index in [1.54, 1.807) is 24.3 Å². The normalized spacial score (nSPS) is 12.4. The van der Waals surface area contributed by atoms with Crippen molar-refractivity contribution < 1.29 is 81.1 Å². The van der Waals surface area contributed by atoms with Gasteiger partial charge in [0, 0.05) is 43.3 Å². The molecule has 0 bridgehead atoms. The van der Waals surface area contributed by atoms with Crippen LogP contribution >= 0.6 is 0 Å². The second-order valence-electron chi connectivity index (χ2n) is 26.9. The fourth-order valence-electron chi connectivity index (χ4n) is 7.21. The van der Waals surface area contributed by atoms with E-state index < -0.39 is 23.9 Å². The van der Waals surface area contributed by atoms with Gasteiger partial charge in [0.1, 0.15) is 45.3 Å². The Bertz CT molecular complexity index is 2270. The van der Waals surface area contributed by atoms with Crippen LogP contribution in [0.25, 0.3) is 0 Å². The van der Waals surface area contributed by atoms with Gasteiger partial charge in [0.05, 0.1) is 0 Å².